The van der Waals surface area contributed by atoms with Gasteiger partial charge in [0.2, 0.25) is 17.7 Å². The topological polar surface area (TPSA) is 125 Å². The average molecular weight is 507 g/mol. The quantitative estimate of drug-likeness (QED) is 0.442. The lowest BCUT2D eigenvalue weighted by atomic mass is 10.0. The number of likely N-dealkylation sites (N-methyl/N-ethyl adjacent to an activating group) is 1. The fourth-order valence-corrected chi connectivity index (χ4v) is 3.93. The van der Waals surface area contributed by atoms with Crippen LogP contribution in [0.2, 0.25) is 0 Å². The van der Waals surface area contributed by atoms with Crippen molar-refractivity contribution in [3.05, 3.63) is 35.9 Å². The maximum absolute atomic E-state index is 13.1. The molecule has 0 radical (unpaired) electrons. The molecular formula is C25H35FN4O6. The third kappa shape index (κ3) is 8.94. The first-order chi connectivity index (χ1) is 17.1. The van der Waals surface area contributed by atoms with Gasteiger partial charge in [-0.15, -0.1) is 0 Å². The van der Waals surface area contributed by atoms with E-state index < -0.39 is 54.9 Å². The summed E-state index contributed by atoms with van der Waals surface area (Å²) in [5, 5.41) is 4.96. The van der Waals surface area contributed by atoms with E-state index in [-0.39, 0.29) is 19.1 Å². The maximum Gasteiger partial charge on any atom is 0.408 e. The summed E-state index contributed by atoms with van der Waals surface area (Å²) in [5.41, 5.74) is 0.806. The molecule has 1 aliphatic rings. The molecule has 0 bridgehead atoms. The van der Waals surface area contributed by atoms with E-state index >= 15 is 0 Å². The Morgan fingerprint density at radius 1 is 1.17 bits per heavy atom. The van der Waals surface area contributed by atoms with Crippen LogP contribution >= 0.6 is 0 Å². The Balaban J connectivity index is 1.94. The van der Waals surface area contributed by atoms with Crippen molar-refractivity contribution < 1.29 is 33.1 Å². The molecule has 2 rings (SSSR count). The van der Waals surface area contributed by atoms with Gasteiger partial charge in [-0.25, -0.2) is 9.18 Å². The minimum atomic E-state index is -1.17. The van der Waals surface area contributed by atoms with Gasteiger partial charge < -0.3 is 25.2 Å². The summed E-state index contributed by atoms with van der Waals surface area (Å²) in [7, 11) is 1.45. The van der Waals surface area contributed by atoms with Crippen LogP contribution in [0, 0.1) is 5.92 Å². The van der Waals surface area contributed by atoms with Gasteiger partial charge in [0, 0.05) is 13.6 Å². The molecule has 198 valence electrons. The first-order valence-corrected chi connectivity index (χ1v) is 12.0. The van der Waals surface area contributed by atoms with Crippen molar-refractivity contribution in [2.45, 2.75) is 51.8 Å². The molecule has 10 nitrogen and oxygen atoms in total. The second-order valence-corrected chi connectivity index (χ2v) is 9.22. The first kappa shape index (κ1) is 28.7. The number of alkyl carbamates (subject to hydrolysis) is 1. The number of alkyl halides is 1. The van der Waals surface area contributed by atoms with Gasteiger partial charge >= 0.3 is 6.09 Å². The monoisotopic (exact) mass is 506 g/mol. The summed E-state index contributed by atoms with van der Waals surface area (Å²) in [6.45, 7) is 2.30. The average Bonchev–Trinajstić information content (AvgIpc) is 3.35. The highest BCUT2D eigenvalue weighted by Gasteiger charge is 2.35. The summed E-state index contributed by atoms with van der Waals surface area (Å²) in [5.74, 6) is -2.10. The number of rotatable bonds is 12. The van der Waals surface area contributed by atoms with Crippen LogP contribution in [0.3, 0.4) is 0 Å². The van der Waals surface area contributed by atoms with Gasteiger partial charge in [-0.1, -0.05) is 44.2 Å². The van der Waals surface area contributed by atoms with E-state index in [1.165, 1.54) is 16.8 Å². The lowest BCUT2D eigenvalue weighted by Crippen LogP contribution is -2.53. The molecule has 1 saturated heterocycles. The third-order valence-electron chi connectivity index (χ3n) is 5.74. The van der Waals surface area contributed by atoms with Crippen molar-refractivity contribution in [3.8, 4) is 0 Å². The Bertz CT molecular complexity index is 926. The predicted molar refractivity (Wildman–Crippen MR) is 129 cm³/mol. The third-order valence-corrected chi connectivity index (χ3v) is 5.74. The van der Waals surface area contributed by atoms with E-state index in [1.54, 1.807) is 0 Å². The maximum atomic E-state index is 13.1. The Morgan fingerprint density at radius 3 is 2.50 bits per heavy atom. The fourth-order valence-electron chi connectivity index (χ4n) is 3.93. The van der Waals surface area contributed by atoms with Crippen LogP contribution < -0.4 is 10.6 Å². The Kier molecular flexibility index (Phi) is 11.3. The molecule has 0 aliphatic carbocycles. The standard InChI is InChI=1S/C25H35FN4O6/c1-17(2)12-20(28-25(35)36-16-18-8-5-4-6-9-18)24(34)29(3)15-22(32)30-11-7-10-21(30)23(33)27-14-19(31)13-26/h4-6,8-9,17,20-21H,7,10-16H2,1-3H3,(H,27,33)(H,28,35). The summed E-state index contributed by atoms with van der Waals surface area (Å²) in [6.07, 6.45) is 0.596. The molecule has 1 aromatic carbocycles. The van der Waals surface area contributed by atoms with Gasteiger partial charge in [0.25, 0.3) is 0 Å². The van der Waals surface area contributed by atoms with E-state index in [4.69, 9.17) is 4.74 Å². The largest absolute Gasteiger partial charge is 0.445 e. The number of hydrogen-bond donors (Lipinski definition) is 2. The van der Waals surface area contributed by atoms with Crippen molar-refractivity contribution in [2.24, 2.45) is 5.92 Å². The van der Waals surface area contributed by atoms with Crippen molar-refractivity contribution >= 4 is 29.6 Å². The van der Waals surface area contributed by atoms with E-state index in [9.17, 15) is 28.4 Å². The van der Waals surface area contributed by atoms with Gasteiger partial charge in [-0.2, -0.15) is 0 Å². The molecule has 4 amide bonds. The first-order valence-electron chi connectivity index (χ1n) is 12.0. The van der Waals surface area contributed by atoms with Crippen LogP contribution in [-0.2, 0) is 30.5 Å². The molecule has 0 aromatic heterocycles. The van der Waals surface area contributed by atoms with Gasteiger partial charge in [-0.3, -0.25) is 19.2 Å². The van der Waals surface area contributed by atoms with Crippen LogP contribution in [-0.4, -0.2) is 84.8 Å². The number of likely N-dealkylation sites (tertiary alicyclic amines) is 1. The molecule has 2 unspecified atom stereocenters. The van der Waals surface area contributed by atoms with Crippen molar-refractivity contribution in [2.75, 3.05) is 33.4 Å². The van der Waals surface area contributed by atoms with E-state index in [1.807, 2.05) is 44.2 Å². The number of ketones is 1. The van der Waals surface area contributed by atoms with Gasteiger partial charge in [0.1, 0.15) is 25.4 Å². The van der Waals surface area contributed by atoms with Crippen molar-refractivity contribution in [1.29, 1.82) is 0 Å². The molecule has 1 fully saturated rings. The van der Waals surface area contributed by atoms with Gasteiger partial charge in [0.15, 0.2) is 5.78 Å². The summed E-state index contributed by atoms with van der Waals surface area (Å²) < 4.78 is 17.6. The number of amides is 4. The Hall–Kier alpha value is -3.50. The highest BCUT2D eigenvalue weighted by Crippen LogP contribution is 2.18. The summed E-state index contributed by atoms with van der Waals surface area (Å²) >= 11 is 0. The molecule has 0 saturated carbocycles. The second-order valence-electron chi connectivity index (χ2n) is 9.22. The fraction of sp³-hybridized carbons (Fsp3) is 0.560. The lowest BCUT2D eigenvalue weighted by molar-refractivity contribution is -0.143. The van der Waals surface area contributed by atoms with E-state index in [0.717, 1.165) is 5.56 Å². The van der Waals surface area contributed by atoms with Crippen LogP contribution in [0.15, 0.2) is 30.3 Å². The van der Waals surface area contributed by atoms with E-state index in [0.29, 0.717) is 25.8 Å². The second kappa shape index (κ2) is 14.2. The Labute approximate surface area is 210 Å². The highest BCUT2D eigenvalue weighted by atomic mass is 19.1. The number of ether oxygens (including phenoxy) is 1. The van der Waals surface area contributed by atoms with Crippen molar-refractivity contribution in [3.63, 3.8) is 0 Å². The van der Waals surface area contributed by atoms with Crippen LogP contribution in [0.1, 0.15) is 38.7 Å². The number of nitrogens with one attached hydrogen (secondary N) is 2. The highest BCUT2D eigenvalue weighted by molar-refractivity contribution is 5.93. The van der Waals surface area contributed by atoms with E-state index in [2.05, 4.69) is 10.6 Å². The van der Waals surface area contributed by atoms with Crippen LogP contribution in [0.25, 0.3) is 0 Å². The normalized spacial score (nSPS) is 15.8. The number of carbonyl (C=O) groups is 5. The minimum Gasteiger partial charge on any atom is -0.445 e. The molecule has 0 spiro atoms. The molecule has 11 heteroatoms. The molecule has 1 heterocycles. The number of Topliss-reactive ketones (excluding diaryl/α,β-unsaturated/α-hetero) is 1. The zero-order chi connectivity index (χ0) is 26.7. The van der Waals surface area contributed by atoms with Gasteiger partial charge in [-0.05, 0) is 30.7 Å². The predicted octanol–water partition coefficient (Wildman–Crippen LogP) is 1.43. The van der Waals surface area contributed by atoms with Gasteiger partial charge in [0.05, 0.1) is 13.1 Å². The lowest BCUT2D eigenvalue weighted by Gasteiger charge is -2.29. The van der Waals surface area contributed by atoms with Crippen LogP contribution in [0.5, 0.6) is 0 Å². The van der Waals surface area contributed by atoms with Crippen LogP contribution in [0.4, 0.5) is 9.18 Å². The number of hydrogen-bond acceptors (Lipinski definition) is 6. The smallest absolute Gasteiger partial charge is 0.408 e. The molecule has 2 atom stereocenters. The molecule has 1 aliphatic heterocycles. The zero-order valence-electron chi connectivity index (χ0n) is 21.0. The molecule has 2 N–H and O–H groups in total. The Morgan fingerprint density at radius 2 is 1.86 bits per heavy atom. The molecule has 1 aromatic rings. The van der Waals surface area contributed by atoms with Crippen molar-refractivity contribution in [1.82, 2.24) is 20.4 Å². The number of halogens is 1. The number of benzene rings is 1. The molecule has 36 heavy (non-hydrogen) atoms. The summed E-state index contributed by atoms with van der Waals surface area (Å²) in [4.78, 5) is 64.5. The minimum absolute atomic E-state index is 0.0545. The zero-order valence-corrected chi connectivity index (χ0v) is 21.0. The number of carbonyl (C=O) groups excluding carboxylic acids is 5. The summed E-state index contributed by atoms with van der Waals surface area (Å²) in [6, 6.07) is 7.45. The molecular weight excluding hydrogens is 471 g/mol. The number of nitrogens with zero attached hydrogens (tertiary/aromatic N) is 2. The SMILES string of the molecule is CC(C)CC(NC(=O)OCc1ccccc1)C(=O)N(C)CC(=O)N1CCCC1C(=O)NCC(=O)CF.